The highest BCUT2D eigenvalue weighted by molar-refractivity contribution is 6.05. The molecule has 5 rings (SSSR count). The molecule has 0 fully saturated rings. The Morgan fingerprint density at radius 1 is 1.11 bits per heavy atom. The van der Waals surface area contributed by atoms with Gasteiger partial charge in [0.1, 0.15) is 0 Å². The number of nitrogens with zero attached hydrogens (tertiary/aromatic N) is 1. The summed E-state index contributed by atoms with van der Waals surface area (Å²) in [5, 5.41) is 11.8. The lowest BCUT2D eigenvalue weighted by molar-refractivity contribution is -0.115. The molecule has 4 N–H and O–H groups in total. The van der Waals surface area contributed by atoms with Gasteiger partial charge in [-0.25, -0.2) is 4.98 Å². The summed E-state index contributed by atoms with van der Waals surface area (Å²) in [6.07, 6.45) is 6.02. The van der Waals surface area contributed by atoms with E-state index in [1.165, 1.54) is 17.3 Å². The second-order valence-electron chi connectivity index (χ2n) is 7.33. The third-order valence-corrected chi connectivity index (χ3v) is 5.70. The van der Waals surface area contributed by atoms with Crippen LogP contribution < -0.4 is 11.1 Å². The fourth-order valence-corrected chi connectivity index (χ4v) is 4.42. The zero-order valence-electron chi connectivity index (χ0n) is 14.9. The van der Waals surface area contributed by atoms with Gasteiger partial charge in [-0.15, -0.1) is 0 Å². The first-order valence-electron chi connectivity index (χ1n) is 9.33. The lowest BCUT2D eigenvalue weighted by Crippen LogP contribution is -2.10. The predicted octanol–water partition coefficient (Wildman–Crippen LogP) is 3.86. The second kappa shape index (κ2) is 5.91. The Bertz CT molecular complexity index is 1130. The normalized spacial score (nSPS) is 15.3. The fraction of sp³-hybridized carbons (Fsp3) is 0.227. The molecular formula is C22H20N4O. The number of hydrogen-bond acceptors (Lipinski definition) is 4. The van der Waals surface area contributed by atoms with Crippen LogP contribution in [0.25, 0.3) is 22.2 Å². The summed E-state index contributed by atoms with van der Waals surface area (Å²) in [6.45, 7) is 0. The third-order valence-electron chi connectivity index (χ3n) is 5.70. The van der Waals surface area contributed by atoms with Crippen LogP contribution in [-0.2, 0) is 24.1 Å². The van der Waals surface area contributed by atoms with Gasteiger partial charge < -0.3 is 16.5 Å². The van der Waals surface area contributed by atoms with E-state index in [-0.39, 0.29) is 5.91 Å². The zero-order valence-corrected chi connectivity index (χ0v) is 14.9. The Balaban J connectivity index is 1.79. The van der Waals surface area contributed by atoms with Gasteiger partial charge in [0.25, 0.3) is 0 Å². The largest absolute Gasteiger partial charge is 0.398 e. The van der Waals surface area contributed by atoms with Gasteiger partial charge in [0.2, 0.25) is 5.91 Å². The van der Waals surface area contributed by atoms with E-state index >= 15 is 0 Å². The zero-order chi connectivity index (χ0) is 18.5. The first-order chi connectivity index (χ1) is 13.2. The SMILES string of the molecule is N=Cc1c(N)ccc2nc(-c3ccc4c(c3)NC(=O)C4)c3c(c12)CCCC3. The Labute approximate surface area is 157 Å². The number of aromatic nitrogens is 1. The summed E-state index contributed by atoms with van der Waals surface area (Å²) in [6, 6.07) is 9.91. The first-order valence-corrected chi connectivity index (χ1v) is 9.33. The van der Waals surface area contributed by atoms with Crippen molar-refractivity contribution < 1.29 is 4.79 Å². The minimum atomic E-state index is 0.0433. The molecule has 2 aliphatic rings. The number of fused-ring (bicyclic) bond motifs is 4. The molecule has 0 unspecified atom stereocenters. The summed E-state index contributed by atoms with van der Waals surface area (Å²) < 4.78 is 0. The molecule has 1 aromatic heterocycles. The number of anilines is 2. The number of benzene rings is 2. The van der Waals surface area contributed by atoms with E-state index in [0.717, 1.165) is 64.7 Å². The number of aryl methyl sites for hydroxylation is 1. The minimum absolute atomic E-state index is 0.0433. The summed E-state index contributed by atoms with van der Waals surface area (Å²) >= 11 is 0. The molecule has 5 nitrogen and oxygen atoms in total. The molecule has 1 aliphatic heterocycles. The molecular weight excluding hydrogens is 336 g/mol. The van der Waals surface area contributed by atoms with Crippen molar-refractivity contribution in [3.63, 3.8) is 0 Å². The van der Waals surface area contributed by atoms with Gasteiger partial charge in [0.15, 0.2) is 0 Å². The molecule has 0 atom stereocenters. The van der Waals surface area contributed by atoms with Crippen molar-refractivity contribution >= 4 is 34.4 Å². The molecule has 0 bridgehead atoms. The van der Waals surface area contributed by atoms with Gasteiger partial charge in [0.05, 0.1) is 17.6 Å². The lowest BCUT2D eigenvalue weighted by Gasteiger charge is -2.23. The summed E-state index contributed by atoms with van der Waals surface area (Å²) in [5.41, 5.74) is 14.9. The summed E-state index contributed by atoms with van der Waals surface area (Å²) in [5.74, 6) is 0.0433. The number of nitrogens with two attached hydrogens (primary N) is 1. The second-order valence-corrected chi connectivity index (χ2v) is 7.33. The van der Waals surface area contributed by atoms with Crippen LogP contribution in [0.5, 0.6) is 0 Å². The van der Waals surface area contributed by atoms with Crippen molar-refractivity contribution in [2.24, 2.45) is 0 Å². The van der Waals surface area contributed by atoms with Gasteiger partial charge in [0, 0.05) is 34.1 Å². The molecule has 0 radical (unpaired) electrons. The molecule has 27 heavy (non-hydrogen) atoms. The van der Waals surface area contributed by atoms with Crippen LogP contribution in [0.2, 0.25) is 0 Å². The van der Waals surface area contributed by atoms with E-state index in [4.69, 9.17) is 16.1 Å². The van der Waals surface area contributed by atoms with E-state index in [9.17, 15) is 4.79 Å². The maximum atomic E-state index is 11.7. The van der Waals surface area contributed by atoms with Crippen LogP contribution in [0.1, 0.15) is 35.1 Å². The van der Waals surface area contributed by atoms with E-state index < -0.39 is 0 Å². The number of rotatable bonds is 2. The van der Waals surface area contributed by atoms with E-state index in [0.29, 0.717) is 12.1 Å². The van der Waals surface area contributed by atoms with E-state index in [1.807, 2.05) is 24.3 Å². The summed E-state index contributed by atoms with van der Waals surface area (Å²) in [7, 11) is 0. The maximum absolute atomic E-state index is 11.7. The van der Waals surface area contributed by atoms with Gasteiger partial charge >= 0.3 is 0 Å². The molecule has 0 saturated carbocycles. The Morgan fingerprint density at radius 2 is 1.93 bits per heavy atom. The highest BCUT2D eigenvalue weighted by Crippen LogP contribution is 2.38. The fourth-order valence-electron chi connectivity index (χ4n) is 4.42. The van der Waals surface area contributed by atoms with Gasteiger partial charge in [-0.05, 0) is 60.6 Å². The van der Waals surface area contributed by atoms with Crippen LogP contribution in [-0.4, -0.2) is 17.1 Å². The Hall–Kier alpha value is -3.21. The highest BCUT2D eigenvalue weighted by Gasteiger charge is 2.23. The van der Waals surface area contributed by atoms with Crippen LogP contribution in [0, 0.1) is 5.41 Å². The first kappa shape index (κ1) is 16.0. The van der Waals surface area contributed by atoms with Gasteiger partial charge in [-0.3, -0.25) is 4.79 Å². The van der Waals surface area contributed by atoms with Crippen LogP contribution in [0.4, 0.5) is 11.4 Å². The van der Waals surface area contributed by atoms with Gasteiger partial charge in [-0.1, -0.05) is 12.1 Å². The minimum Gasteiger partial charge on any atom is -0.398 e. The van der Waals surface area contributed by atoms with Crippen molar-refractivity contribution in [2.45, 2.75) is 32.1 Å². The molecule has 1 aliphatic carbocycles. The van der Waals surface area contributed by atoms with E-state index in [1.54, 1.807) is 0 Å². The number of carbonyl (C=O) groups is 1. The highest BCUT2D eigenvalue weighted by atomic mass is 16.1. The molecule has 0 saturated heterocycles. The van der Waals surface area contributed by atoms with Crippen LogP contribution in [0.15, 0.2) is 30.3 Å². The van der Waals surface area contributed by atoms with E-state index in [2.05, 4.69) is 11.4 Å². The monoisotopic (exact) mass is 356 g/mol. The molecule has 134 valence electrons. The molecule has 2 heterocycles. The van der Waals surface area contributed by atoms with Crippen molar-refractivity contribution in [2.75, 3.05) is 11.1 Å². The van der Waals surface area contributed by atoms with Crippen LogP contribution in [0.3, 0.4) is 0 Å². The third kappa shape index (κ3) is 2.42. The predicted molar refractivity (Wildman–Crippen MR) is 108 cm³/mol. The van der Waals surface area contributed by atoms with Crippen molar-refractivity contribution in [1.29, 1.82) is 5.41 Å². The number of amides is 1. The number of nitrogen functional groups attached to an aromatic ring is 1. The topological polar surface area (TPSA) is 91.9 Å². The number of nitrogens with one attached hydrogen (secondary N) is 2. The lowest BCUT2D eigenvalue weighted by atomic mass is 9.84. The summed E-state index contributed by atoms with van der Waals surface area (Å²) in [4.78, 5) is 16.7. The quantitative estimate of drug-likeness (QED) is 0.481. The standard InChI is InChI=1S/C22H20N4O/c23-11-16-17(24)7-8-18-21(16)14-3-1-2-4-15(14)22(26-18)13-6-5-12-10-20(27)25-19(12)9-13/h5-9,11,23H,1-4,10,24H2,(H,25,27). The smallest absolute Gasteiger partial charge is 0.228 e. The number of pyridine rings is 1. The van der Waals surface area contributed by atoms with Crippen molar-refractivity contribution in [3.8, 4) is 11.3 Å². The number of hydrogen-bond donors (Lipinski definition) is 3. The average molecular weight is 356 g/mol. The molecule has 5 heteroatoms. The Kier molecular flexibility index (Phi) is 3.50. The van der Waals surface area contributed by atoms with Crippen LogP contribution >= 0.6 is 0 Å². The average Bonchev–Trinajstić information content (AvgIpc) is 3.06. The Morgan fingerprint density at radius 3 is 2.74 bits per heavy atom. The number of carbonyl (C=O) groups excluding carboxylic acids is 1. The molecule has 3 aromatic rings. The molecule has 0 spiro atoms. The molecule has 2 aromatic carbocycles. The molecule has 1 amide bonds. The maximum Gasteiger partial charge on any atom is 0.228 e. The van der Waals surface area contributed by atoms with Crippen molar-refractivity contribution in [3.05, 3.63) is 52.6 Å². The van der Waals surface area contributed by atoms with Crippen molar-refractivity contribution in [1.82, 2.24) is 4.98 Å². The van der Waals surface area contributed by atoms with Gasteiger partial charge in [-0.2, -0.15) is 0 Å².